The first-order chi connectivity index (χ1) is 16.9. The number of methoxy groups -OCH3 is 2. The van der Waals surface area contributed by atoms with Gasteiger partial charge in [0, 0.05) is 23.7 Å². The molecule has 0 radical (unpaired) electrons. The van der Waals surface area contributed by atoms with E-state index in [1.165, 1.54) is 23.4 Å². The maximum absolute atomic E-state index is 13.6. The number of fused-ring (bicyclic) bond motifs is 1. The summed E-state index contributed by atoms with van der Waals surface area (Å²) in [5, 5.41) is 3.38. The molecule has 0 aliphatic rings. The molecule has 0 bridgehead atoms. The summed E-state index contributed by atoms with van der Waals surface area (Å²) in [5.41, 5.74) is 1.36. The van der Waals surface area contributed by atoms with Gasteiger partial charge in [-0.25, -0.2) is 4.79 Å². The average Bonchev–Trinajstić information content (AvgIpc) is 2.89. The van der Waals surface area contributed by atoms with Crippen molar-refractivity contribution in [3.8, 4) is 11.5 Å². The lowest BCUT2D eigenvalue weighted by atomic mass is 10.1. The summed E-state index contributed by atoms with van der Waals surface area (Å²) in [7, 11) is 4.52. The van der Waals surface area contributed by atoms with Crippen molar-refractivity contribution in [3.05, 3.63) is 103 Å². The monoisotopic (exact) mass is 493 g/mol. The van der Waals surface area contributed by atoms with Gasteiger partial charge in [0.25, 0.3) is 11.5 Å². The third kappa shape index (κ3) is 4.65. The van der Waals surface area contributed by atoms with Gasteiger partial charge in [0.1, 0.15) is 0 Å². The molecule has 1 aromatic heterocycles. The summed E-state index contributed by atoms with van der Waals surface area (Å²) in [6.07, 6.45) is 0. The fourth-order valence-electron chi connectivity index (χ4n) is 3.92. The van der Waals surface area contributed by atoms with E-state index in [1.807, 2.05) is 18.2 Å². The lowest BCUT2D eigenvalue weighted by Crippen LogP contribution is -2.40. The van der Waals surface area contributed by atoms with Crippen LogP contribution in [-0.4, -0.2) is 36.3 Å². The number of hydrogen-bond acceptors (Lipinski definition) is 5. The van der Waals surface area contributed by atoms with Gasteiger partial charge in [-0.3, -0.25) is 18.7 Å². The molecule has 0 spiro atoms. The molecule has 3 aromatic carbocycles. The van der Waals surface area contributed by atoms with Crippen LogP contribution in [0.4, 0.5) is 0 Å². The minimum atomic E-state index is -0.495. The van der Waals surface area contributed by atoms with Crippen LogP contribution in [0.2, 0.25) is 5.02 Å². The van der Waals surface area contributed by atoms with Crippen molar-refractivity contribution in [1.82, 2.24) is 14.5 Å². The second-order valence-corrected chi connectivity index (χ2v) is 8.26. The molecule has 35 heavy (non-hydrogen) atoms. The molecule has 1 heterocycles. The molecular weight excluding hydrogens is 470 g/mol. The van der Waals surface area contributed by atoms with Crippen molar-refractivity contribution in [2.24, 2.45) is 0 Å². The maximum atomic E-state index is 13.6. The minimum Gasteiger partial charge on any atom is -0.493 e. The third-order valence-corrected chi connectivity index (χ3v) is 6.17. The first-order valence-corrected chi connectivity index (χ1v) is 11.2. The number of amides is 1. The molecule has 1 N–H and O–H groups in total. The second kappa shape index (κ2) is 10.1. The molecule has 0 unspecified atom stereocenters. The van der Waals surface area contributed by atoms with Crippen molar-refractivity contribution < 1.29 is 14.3 Å². The summed E-state index contributed by atoms with van der Waals surface area (Å²) < 4.78 is 13.5. The van der Waals surface area contributed by atoms with E-state index < -0.39 is 11.2 Å². The van der Waals surface area contributed by atoms with Gasteiger partial charge in [-0.1, -0.05) is 41.9 Å². The highest BCUT2D eigenvalue weighted by molar-refractivity contribution is 6.31. The Kier molecular flexibility index (Phi) is 6.93. The Balaban J connectivity index is 1.92. The molecule has 0 aliphatic heterocycles. The van der Waals surface area contributed by atoms with E-state index in [0.717, 1.165) is 5.56 Å². The van der Waals surface area contributed by atoms with Crippen LogP contribution in [0.3, 0.4) is 0 Å². The largest absolute Gasteiger partial charge is 0.493 e. The molecule has 0 aliphatic carbocycles. The van der Waals surface area contributed by atoms with Gasteiger partial charge in [-0.2, -0.15) is 0 Å². The number of hydrogen-bond donors (Lipinski definition) is 1. The number of carbonyl (C=O) groups excluding carboxylic acids is 1. The molecular formula is C26H24ClN3O5. The molecule has 0 saturated heterocycles. The van der Waals surface area contributed by atoms with Crippen molar-refractivity contribution in [2.75, 3.05) is 21.3 Å². The number of benzene rings is 3. The van der Waals surface area contributed by atoms with Gasteiger partial charge in [-0.05, 0) is 35.4 Å². The van der Waals surface area contributed by atoms with E-state index >= 15 is 0 Å². The Morgan fingerprint density at radius 2 is 1.57 bits per heavy atom. The molecule has 0 saturated carbocycles. The summed E-state index contributed by atoms with van der Waals surface area (Å²) in [6, 6.07) is 17.1. The van der Waals surface area contributed by atoms with Crippen molar-refractivity contribution >= 4 is 28.4 Å². The van der Waals surface area contributed by atoms with E-state index in [-0.39, 0.29) is 19.0 Å². The highest BCUT2D eigenvalue weighted by Gasteiger charge is 2.18. The maximum Gasteiger partial charge on any atom is 0.332 e. The minimum absolute atomic E-state index is 0.0263. The molecule has 180 valence electrons. The first-order valence-electron chi connectivity index (χ1n) is 10.8. The summed E-state index contributed by atoms with van der Waals surface area (Å²) in [5.74, 6) is 0.554. The Hall–Kier alpha value is -4.04. The number of aromatic nitrogens is 2. The van der Waals surface area contributed by atoms with Gasteiger partial charge in [0.15, 0.2) is 11.5 Å². The normalized spacial score (nSPS) is 10.9. The lowest BCUT2D eigenvalue weighted by molar-refractivity contribution is 0.0963. The number of ether oxygens (including phenoxy) is 2. The molecule has 0 fully saturated rings. The predicted molar refractivity (Wildman–Crippen MR) is 135 cm³/mol. The summed E-state index contributed by atoms with van der Waals surface area (Å²) in [6.45, 7) is 0.179. The third-order valence-electron chi connectivity index (χ3n) is 5.80. The van der Waals surface area contributed by atoms with E-state index in [9.17, 15) is 14.4 Å². The van der Waals surface area contributed by atoms with Crippen LogP contribution < -0.4 is 26.0 Å². The Morgan fingerprint density at radius 1 is 0.914 bits per heavy atom. The van der Waals surface area contributed by atoms with Crippen molar-refractivity contribution in [3.63, 3.8) is 0 Å². The quantitative estimate of drug-likeness (QED) is 0.426. The van der Waals surface area contributed by atoms with Crippen LogP contribution in [0.5, 0.6) is 11.5 Å². The van der Waals surface area contributed by atoms with Crippen LogP contribution >= 0.6 is 11.6 Å². The van der Waals surface area contributed by atoms with Crippen LogP contribution in [0.25, 0.3) is 10.9 Å². The molecule has 9 heteroatoms. The topological polar surface area (TPSA) is 91.6 Å². The zero-order valence-corrected chi connectivity index (χ0v) is 20.3. The molecule has 8 nitrogen and oxygen atoms in total. The highest BCUT2D eigenvalue weighted by atomic mass is 35.5. The zero-order valence-electron chi connectivity index (χ0n) is 19.5. The van der Waals surface area contributed by atoms with Crippen LogP contribution in [0.1, 0.15) is 21.5 Å². The predicted octanol–water partition coefficient (Wildman–Crippen LogP) is 3.29. The van der Waals surface area contributed by atoms with Gasteiger partial charge < -0.3 is 14.8 Å². The zero-order chi connectivity index (χ0) is 25.1. The number of carbonyl (C=O) groups is 1. The number of rotatable bonds is 7. The van der Waals surface area contributed by atoms with Crippen LogP contribution in [0, 0.1) is 0 Å². The standard InChI is InChI=1S/C26H24ClN3O5/c1-28-24(31)17-10-8-16(9-11-17)14-30-25(32)19-12-22(34-2)23(35-3)13-21(19)29(26(30)33)15-18-6-4-5-7-20(18)27/h4-13H,14-15H2,1-3H3,(H,28,31). The first kappa shape index (κ1) is 24.1. The number of nitrogens with one attached hydrogen (secondary N) is 1. The Morgan fingerprint density at radius 3 is 2.20 bits per heavy atom. The fourth-order valence-corrected chi connectivity index (χ4v) is 4.12. The van der Waals surface area contributed by atoms with Crippen LogP contribution in [-0.2, 0) is 13.1 Å². The Bertz CT molecular complexity index is 1520. The van der Waals surface area contributed by atoms with Gasteiger partial charge in [-0.15, -0.1) is 0 Å². The molecule has 4 rings (SSSR count). The summed E-state index contributed by atoms with van der Waals surface area (Å²) in [4.78, 5) is 39.0. The van der Waals surface area contributed by atoms with Gasteiger partial charge >= 0.3 is 5.69 Å². The average molecular weight is 494 g/mol. The fraction of sp³-hybridized carbons (Fsp3) is 0.192. The lowest BCUT2D eigenvalue weighted by Gasteiger charge is -2.17. The second-order valence-electron chi connectivity index (χ2n) is 7.85. The van der Waals surface area contributed by atoms with E-state index in [0.29, 0.717) is 38.6 Å². The molecule has 4 aromatic rings. The van der Waals surface area contributed by atoms with Crippen molar-refractivity contribution in [1.29, 1.82) is 0 Å². The highest BCUT2D eigenvalue weighted by Crippen LogP contribution is 2.31. The van der Waals surface area contributed by atoms with E-state index in [2.05, 4.69) is 5.32 Å². The number of halogens is 1. The molecule has 0 atom stereocenters. The number of nitrogens with zero attached hydrogens (tertiary/aromatic N) is 2. The van der Waals surface area contributed by atoms with Gasteiger partial charge in [0.2, 0.25) is 0 Å². The smallest absolute Gasteiger partial charge is 0.332 e. The van der Waals surface area contributed by atoms with Crippen molar-refractivity contribution in [2.45, 2.75) is 13.1 Å². The summed E-state index contributed by atoms with van der Waals surface area (Å²) >= 11 is 6.38. The van der Waals surface area contributed by atoms with Crippen LogP contribution in [0.15, 0.2) is 70.3 Å². The Labute approximate surface area is 206 Å². The SMILES string of the molecule is CNC(=O)c1ccc(Cn2c(=O)c3cc(OC)c(OC)cc3n(Cc3ccccc3Cl)c2=O)cc1. The molecule has 1 amide bonds. The van der Waals surface area contributed by atoms with E-state index in [4.69, 9.17) is 21.1 Å². The van der Waals surface area contributed by atoms with Gasteiger partial charge in [0.05, 0.1) is 38.2 Å². The van der Waals surface area contributed by atoms with E-state index in [1.54, 1.807) is 49.5 Å².